The summed E-state index contributed by atoms with van der Waals surface area (Å²) in [5.74, 6) is 3.14. The smallest absolute Gasteiger partial charge is 0.165 e. The second-order valence-electron chi connectivity index (χ2n) is 5.23. The van der Waals surface area contributed by atoms with E-state index in [0.29, 0.717) is 19.8 Å². The van der Waals surface area contributed by atoms with Crippen LogP contribution in [0.2, 0.25) is 0 Å². The van der Waals surface area contributed by atoms with Gasteiger partial charge in [0.25, 0.3) is 0 Å². The summed E-state index contributed by atoms with van der Waals surface area (Å²) in [5, 5.41) is 3.42. The molecule has 0 radical (unpaired) electrons. The number of rotatable bonds is 6. The average molecular weight is 315 g/mol. The van der Waals surface area contributed by atoms with Crippen LogP contribution in [0.3, 0.4) is 0 Å². The molecule has 5 nitrogen and oxygen atoms in total. The zero-order valence-electron chi connectivity index (χ0n) is 13.4. The molecule has 0 aliphatic carbocycles. The maximum Gasteiger partial charge on any atom is 0.165 e. The summed E-state index contributed by atoms with van der Waals surface area (Å²) >= 11 is 0. The van der Waals surface area contributed by atoms with E-state index in [9.17, 15) is 0 Å². The van der Waals surface area contributed by atoms with Gasteiger partial charge in [0.2, 0.25) is 0 Å². The van der Waals surface area contributed by atoms with Crippen molar-refractivity contribution in [3.63, 3.8) is 0 Å². The topological polar surface area (TPSA) is 49.0 Å². The molecule has 2 aromatic rings. The lowest BCUT2D eigenvalue weighted by Gasteiger charge is -2.21. The van der Waals surface area contributed by atoms with E-state index in [0.717, 1.165) is 40.7 Å². The van der Waals surface area contributed by atoms with Crippen LogP contribution in [-0.4, -0.2) is 27.4 Å². The fourth-order valence-electron chi connectivity index (χ4n) is 2.61. The van der Waals surface area contributed by atoms with Crippen molar-refractivity contribution < 1.29 is 18.9 Å². The Balaban J connectivity index is 1.64. The van der Waals surface area contributed by atoms with Crippen molar-refractivity contribution in [3.05, 3.63) is 47.5 Å². The fourth-order valence-corrected chi connectivity index (χ4v) is 2.61. The van der Waals surface area contributed by atoms with Gasteiger partial charge >= 0.3 is 0 Å². The van der Waals surface area contributed by atoms with Crippen LogP contribution >= 0.6 is 0 Å². The predicted molar refractivity (Wildman–Crippen MR) is 87.5 cm³/mol. The number of ether oxygens (including phenoxy) is 4. The minimum atomic E-state index is 0.597. The lowest BCUT2D eigenvalue weighted by Crippen LogP contribution is -2.19. The largest absolute Gasteiger partial charge is 0.493 e. The molecule has 3 rings (SSSR count). The van der Waals surface area contributed by atoms with Crippen LogP contribution in [0.5, 0.6) is 23.0 Å². The van der Waals surface area contributed by atoms with E-state index < -0.39 is 0 Å². The second kappa shape index (κ2) is 7.24. The lowest BCUT2D eigenvalue weighted by atomic mass is 10.1. The molecule has 0 spiro atoms. The molecule has 0 atom stereocenters. The number of hydrogen-bond donors (Lipinski definition) is 1. The molecule has 1 heterocycles. The van der Waals surface area contributed by atoms with Crippen LogP contribution < -0.4 is 24.3 Å². The standard InChI is InChI=1S/C18H21NO4/c1-20-15-7-6-13(10-17(15)21-2)11-19-12-14-4-3-5-16-18(14)23-9-8-22-16/h3-7,10,19H,8-9,11-12H2,1-2H3. The normalized spacial score (nSPS) is 12.8. The highest BCUT2D eigenvalue weighted by molar-refractivity contribution is 5.47. The summed E-state index contributed by atoms with van der Waals surface area (Å²) in [4.78, 5) is 0. The first kappa shape index (κ1) is 15.5. The van der Waals surface area contributed by atoms with Crippen molar-refractivity contribution in [2.24, 2.45) is 0 Å². The third kappa shape index (κ3) is 3.51. The molecule has 122 valence electrons. The van der Waals surface area contributed by atoms with Gasteiger partial charge in [0.05, 0.1) is 14.2 Å². The predicted octanol–water partition coefficient (Wildman–Crippen LogP) is 2.76. The van der Waals surface area contributed by atoms with Gasteiger partial charge in [-0.1, -0.05) is 18.2 Å². The number of fused-ring (bicyclic) bond motifs is 1. The van der Waals surface area contributed by atoms with Crippen LogP contribution in [0.4, 0.5) is 0 Å². The van der Waals surface area contributed by atoms with E-state index >= 15 is 0 Å². The van der Waals surface area contributed by atoms with Gasteiger partial charge in [-0.25, -0.2) is 0 Å². The summed E-state index contributed by atoms with van der Waals surface area (Å²) in [7, 11) is 3.28. The summed E-state index contributed by atoms with van der Waals surface area (Å²) < 4.78 is 21.9. The monoisotopic (exact) mass is 315 g/mol. The van der Waals surface area contributed by atoms with Gasteiger partial charge in [0, 0.05) is 18.7 Å². The Kier molecular flexibility index (Phi) is 4.88. The molecule has 1 aliphatic heterocycles. The van der Waals surface area contributed by atoms with E-state index in [1.807, 2.05) is 30.3 Å². The Bertz CT molecular complexity index is 672. The molecule has 1 N–H and O–H groups in total. The quantitative estimate of drug-likeness (QED) is 0.888. The first-order chi connectivity index (χ1) is 11.3. The van der Waals surface area contributed by atoms with Gasteiger partial charge in [0.1, 0.15) is 13.2 Å². The fraction of sp³-hybridized carbons (Fsp3) is 0.333. The summed E-state index contributed by atoms with van der Waals surface area (Å²) in [5.41, 5.74) is 2.23. The summed E-state index contributed by atoms with van der Waals surface area (Å²) in [6.45, 7) is 2.64. The third-order valence-electron chi connectivity index (χ3n) is 3.74. The van der Waals surface area contributed by atoms with Gasteiger partial charge in [-0.15, -0.1) is 0 Å². The molecule has 23 heavy (non-hydrogen) atoms. The Morgan fingerprint density at radius 1 is 0.957 bits per heavy atom. The number of methoxy groups -OCH3 is 2. The van der Waals surface area contributed by atoms with Crippen LogP contribution in [-0.2, 0) is 13.1 Å². The number of nitrogens with one attached hydrogen (secondary N) is 1. The molecule has 1 aliphatic rings. The van der Waals surface area contributed by atoms with Gasteiger partial charge < -0.3 is 24.3 Å². The zero-order chi connectivity index (χ0) is 16.1. The van der Waals surface area contributed by atoms with Crippen molar-refractivity contribution in [1.82, 2.24) is 5.32 Å². The van der Waals surface area contributed by atoms with Gasteiger partial charge in [0.15, 0.2) is 23.0 Å². The molecule has 0 unspecified atom stereocenters. The Morgan fingerprint density at radius 3 is 2.61 bits per heavy atom. The van der Waals surface area contributed by atoms with Crippen molar-refractivity contribution in [3.8, 4) is 23.0 Å². The Labute approximate surface area is 136 Å². The van der Waals surface area contributed by atoms with Crippen LogP contribution in [0.25, 0.3) is 0 Å². The number of hydrogen-bond acceptors (Lipinski definition) is 5. The minimum Gasteiger partial charge on any atom is -0.493 e. The van der Waals surface area contributed by atoms with E-state index in [1.165, 1.54) is 0 Å². The lowest BCUT2D eigenvalue weighted by molar-refractivity contribution is 0.169. The molecule has 2 aromatic carbocycles. The first-order valence-electron chi connectivity index (χ1n) is 7.61. The molecular weight excluding hydrogens is 294 g/mol. The Hall–Kier alpha value is -2.40. The number of benzene rings is 2. The van der Waals surface area contributed by atoms with E-state index in [2.05, 4.69) is 11.4 Å². The average Bonchev–Trinajstić information content (AvgIpc) is 2.61. The first-order valence-corrected chi connectivity index (χ1v) is 7.61. The molecule has 0 bridgehead atoms. The number of para-hydroxylation sites is 1. The molecule has 0 saturated carbocycles. The highest BCUT2D eigenvalue weighted by Gasteiger charge is 2.15. The van der Waals surface area contributed by atoms with E-state index in [-0.39, 0.29) is 0 Å². The maximum atomic E-state index is 5.72. The van der Waals surface area contributed by atoms with Crippen LogP contribution in [0.15, 0.2) is 36.4 Å². The van der Waals surface area contributed by atoms with Crippen LogP contribution in [0.1, 0.15) is 11.1 Å². The minimum absolute atomic E-state index is 0.597. The molecule has 0 aromatic heterocycles. The SMILES string of the molecule is COc1ccc(CNCc2cccc3c2OCCO3)cc1OC. The van der Waals surface area contributed by atoms with Crippen molar-refractivity contribution >= 4 is 0 Å². The van der Waals surface area contributed by atoms with Crippen molar-refractivity contribution in [1.29, 1.82) is 0 Å². The Morgan fingerprint density at radius 2 is 1.78 bits per heavy atom. The molecular formula is C18H21NO4. The molecule has 5 heteroatoms. The zero-order valence-corrected chi connectivity index (χ0v) is 13.4. The molecule has 0 amide bonds. The second-order valence-corrected chi connectivity index (χ2v) is 5.23. The van der Waals surface area contributed by atoms with Crippen molar-refractivity contribution in [2.75, 3.05) is 27.4 Å². The summed E-state index contributed by atoms with van der Waals surface area (Å²) in [6, 6.07) is 11.9. The highest BCUT2D eigenvalue weighted by Crippen LogP contribution is 2.33. The van der Waals surface area contributed by atoms with Gasteiger partial charge in [-0.2, -0.15) is 0 Å². The van der Waals surface area contributed by atoms with Gasteiger partial charge in [-0.05, 0) is 23.8 Å². The van der Waals surface area contributed by atoms with Crippen molar-refractivity contribution in [2.45, 2.75) is 13.1 Å². The third-order valence-corrected chi connectivity index (χ3v) is 3.74. The molecule has 0 fully saturated rings. The highest BCUT2D eigenvalue weighted by atomic mass is 16.6. The molecule has 0 saturated heterocycles. The maximum absolute atomic E-state index is 5.72. The van der Waals surface area contributed by atoms with Crippen LogP contribution in [0, 0.1) is 0 Å². The van der Waals surface area contributed by atoms with E-state index in [1.54, 1.807) is 14.2 Å². The van der Waals surface area contributed by atoms with E-state index in [4.69, 9.17) is 18.9 Å². The summed E-state index contributed by atoms with van der Waals surface area (Å²) in [6.07, 6.45) is 0. The van der Waals surface area contributed by atoms with Gasteiger partial charge in [-0.3, -0.25) is 0 Å².